The lowest BCUT2D eigenvalue weighted by Gasteiger charge is -2.15. The average Bonchev–Trinajstić information content (AvgIpc) is 2.80. The van der Waals surface area contributed by atoms with Gasteiger partial charge in [-0.15, -0.1) is 0 Å². The van der Waals surface area contributed by atoms with Crippen molar-refractivity contribution in [2.75, 3.05) is 0 Å². The lowest BCUT2D eigenvalue weighted by molar-refractivity contribution is 0.0940. The first kappa shape index (κ1) is 21.2. The molecule has 0 aliphatic carbocycles. The maximum Gasteiger partial charge on any atom is 0.251 e. The van der Waals surface area contributed by atoms with Gasteiger partial charge in [0.2, 0.25) is 5.88 Å². The van der Waals surface area contributed by atoms with E-state index >= 15 is 0 Å². The molecule has 5 heteroatoms. The van der Waals surface area contributed by atoms with E-state index in [1.165, 1.54) is 11.1 Å². The van der Waals surface area contributed by atoms with E-state index in [0.29, 0.717) is 23.0 Å². The van der Waals surface area contributed by atoms with Gasteiger partial charge < -0.3 is 10.1 Å². The van der Waals surface area contributed by atoms with Gasteiger partial charge in [-0.2, -0.15) is 4.98 Å². The number of hydrogen-bond acceptors (Lipinski definition) is 4. The predicted octanol–water partition coefficient (Wildman–Crippen LogP) is 6.04. The number of carbonyl (C=O) groups excluding carboxylic acids is 1. The smallest absolute Gasteiger partial charge is 0.251 e. The van der Waals surface area contributed by atoms with Crippen molar-refractivity contribution in [1.82, 2.24) is 15.3 Å². The van der Waals surface area contributed by atoms with Crippen molar-refractivity contribution in [2.24, 2.45) is 0 Å². The van der Waals surface area contributed by atoms with Crippen LogP contribution in [0.3, 0.4) is 0 Å². The van der Waals surface area contributed by atoms with Crippen LogP contribution in [0.1, 0.15) is 40.0 Å². The van der Waals surface area contributed by atoms with E-state index in [9.17, 15) is 4.79 Å². The number of benzene rings is 3. The maximum absolute atomic E-state index is 12.6. The van der Waals surface area contributed by atoms with Gasteiger partial charge >= 0.3 is 0 Å². The molecule has 4 aromatic rings. The third-order valence-electron chi connectivity index (χ3n) is 5.20. The Morgan fingerprint density at radius 3 is 2.12 bits per heavy atom. The van der Waals surface area contributed by atoms with Gasteiger partial charge in [-0.3, -0.25) is 4.79 Å². The SMILES string of the molecule is Cc1ccc(-c2nccc(Oc3ccc(C(=O)NC(C)c4ccc(C)cc4)cc3)n2)cc1. The first-order valence-corrected chi connectivity index (χ1v) is 10.5. The summed E-state index contributed by atoms with van der Waals surface area (Å²) in [4.78, 5) is 21.4. The van der Waals surface area contributed by atoms with E-state index in [1.807, 2.05) is 69.3 Å². The van der Waals surface area contributed by atoms with E-state index < -0.39 is 0 Å². The van der Waals surface area contributed by atoms with Gasteiger partial charge in [0.15, 0.2) is 5.82 Å². The highest BCUT2D eigenvalue weighted by Crippen LogP contribution is 2.23. The lowest BCUT2D eigenvalue weighted by atomic mass is 10.1. The Morgan fingerprint density at radius 2 is 1.47 bits per heavy atom. The molecule has 1 unspecified atom stereocenters. The van der Waals surface area contributed by atoms with E-state index in [-0.39, 0.29) is 11.9 Å². The Morgan fingerprint density at radius 1 is 0.844 bits per heavy atom. The number of aromatic nitrogens is 2. The minimum Gasteiger partial charge on any atom is -0.439 e. The van der Waals surface area contributed by atoms with Crippen LogP contribution in [0.4, 0.5) is 0 Å². The number of ether oxygens (including phenoxy) is 1. The fourth-order valence-corrected chi connectivity index (χ4v) is 3.25. The molecule has 0 fully saturated rings. The zero-order chi connectivity index (χ0) is 22.5. The average molecular weight is 424 g/mol. The molecule has 0 aliphatic rings. The van der Waals surface area contributed by atoms with E-state index in [4.69, 9.17) is 4.74 Å². The highest BCUT2D eigenvalue weighted by Gasteiger charge is 2.12. The van der Waals surface area contributed by atoms with Crippen molar-refractivity contribution in [1.29, 1.82) is 0 Å². The highest BCUT2D eigenvalue weighted by molar-refractivity contribution is 5.94. The molecule has 3 aromatic carbocycles. The zero-order valence-electron chi connectivity index (χ0n) is 18.4. The monoisotopic (exact) mass is 423 g/mol. The highest BCUT2D eigenvalue weighted by atomic mass is 16.5. The number of nitrogens with one attached hydrogen (secondary N) is 1. The lowest BCUT2D eigenvalue weighted by Crippen LogP contribution is -2.26. The molecule has 1 heterocycles. The summed E-state index contributed by atoms with van der Waals surface area (Å²) >= 11 is 0. The van der Waals surface area contributed by atoms with Crippen LogP contribution in [0.25, 0.3) is 11.4 Å². The number of aryl methyl sites for hydroxylation is 2. The Kier molecular flexibility index (Phi) is 6.26. The molecular formula is C27H25N3O2. The molecule has 0 aliphatic heterocycles. The summed E-state index contributed by atoms with van der Waals surface area (Å²) in [6.45, 7) is 6.06. The van der Waals surface area contributed by atoms with E-state index in [1.54, 1.807) is 36.5 Å². The van der Waals surface area contributed by atoms with E-state index in [0.717, 1.165) is 11.1 Å². The molecule has 32 heavy (non-hydrogen) atoms. The number of carbonyl (C=O) groups is 1. The summed E-state index contributed by atoms with van der Waals surface area (Å²) in [5.74, 6) is 1.51. The first-order chi connectivity index (χ1) is 15.5. The quantitative estimate of drug-likeness (QED) is 0.410. The second kappa shape index (κ2) is 9.43. The number of amides is 1. The molecule has 0 saturated heterocycles. The van der Waals surface area contributed by atoms with Crippen molar-refractivity contribution in [3.05, 3.63) is 107 Å². The minimum absolute atomic E-state index is 0.0831. The van der Waals surface area contributed by atoms with Crippen LogP contribution in [-0.2, 0) is 0 Å². The molecule has 4 rings (SSSR count). The minimum atomic E-state index is -0.131. The molecule has 0 bridgehead atoms. The standard InChI is InChI=1S/C27H25N3O2/c1-18-4-8-21(9-5-18)20(3)29-27(31)23-12-14-24(15-13-23)32-25-16-17-28-26(30-25)22-10-6-19(2)7-11-22/h4-17,20H,1-3H3,(H,29,31). The Balaban J connectivity index is 1.41. The molecule has 1 N–H and O–H groups in total. The van der Waals surface area contributed by atoms with Crippen LogP contribution in [0.5, 0.6) is 11.6 Å². The number of nitrogens with zero attached hydrogens (tertiary/aromatic N) is 2. The number of rotatable bonds is 6. The zero-order valence-corrected chi connectivity index (χ0v) is 18.4. The van der Waals surface area contributed by atoms with Crippen LogP contribution < -0.4 is 10.1 Å². The summed E-state index contributed by atoms with van der Waals surface area (Å²) < 4.78 is 5.88. The summed E-state index contributed by atoms with van der Waals surface area (Å²) in [5, 5.41) is 3.03. The second-order valence-corrected chi connectivity index (χ2v) is 7.82. The van der Waals surface area contributed by atoms with Crippen molar-refractivity contribution in [2.45, 2.75) is 26.8 Å². The fourth-order valence-electron chi connectivity index (χ4n) is 3.25. The Hall–Kier alpha value is -3.99. The first-order valence-electron chi connectivity index (χ1n) is 10.5. The van der Waals surface area contributed by atoms with Crippen molar-refractivity contribution in [3.8, 4) is 23.0 Å². The molecule has 0 radical (unpaired) electrons. The fraction of sp³-hybridized carbons (Fsp3) is 0.148. The topological polar surface area (TPSA) is 64.1 Å². The van der Waals surface area contributed by atoms with Crippen molar-refractivity contribution < 1.29 is 9.53 Å². The molecule has 1 amide bonds. The summed E-state index contributed by atoms with van der Waals surface area (Å²) in [6, 6.07) is 24.8. The summed E-state index contributed by atoms with van der Waals surface area (Å²) in [7, 11) is 0. The van der Waals surface area contributed by atoms with Crippen LogP contribution in [-0.4, -0.2) is 15.9 Å². The summed E-state index contributed by atoms with van der Waals surface area (Å²) in [5.41, 5.74) is 4.93. The molecule has 1 atom stereocenters. The van der Waals surface area contributed by atoms with Crippen molar-refractivity contribution >= 4 is 5.91 Å². The Labute approximate surface area is 188 Å². The van der Waals surface area contributed by atoms with Gasteiger partial charge in [0, 0.05) is 23.4 Å². The summed E-state index contributed by atoms with van der Waals surface area (Å²) in [6.07, 6.45) is 1.67. The molecule has 0 spiro atoms. The maximum atomic E-state index is 12.6. The number of hydrogen-bond donors (Lipinski definition) is 1. The second-order valence-electron chi connectivity index (χ2n) is 7.82. The third kappa shape index (κ3) is 5.19. The van der Waals surface area contributed by atoms with Gasteiger partial charge in [-0.05, 0) is 50.6 Å². The van der Waals surface area contributed by atoms with Crippen LogP contribution in [0.2, 0.25) is 0 Å². The van der Waals surface area contributed by atoms with Gasteiger partial charge in [0.25, 0.3) is 5.91 Å². The van der Waals surface area contributed by atoms with Gasteiger partial charge in [0.05, 0.1) is 6.04 Å². The molecule has 160 valence electrons. The third-order valence-corrected chi connectivity index (χ3v) is 5.20. The van der Waals surface area contributed by atoms with E-state index in [2.05, 4.69) is 15.3 Å². The predicted molar refractivity (Wildman–Crippen MR) is 126 cm³/mol. The van der Waals surface area contributed by atoms with Crippen LogP contribution in [0.15, 0.2) is 85.1 Å². The largest absolute Gasteiger partial charge is 0.439 e. The van der Waals surface area contributed by atoms with Crippen LogP contribution in [0, 0.1) is 13.8 Å². The molecule has 0 saturated carbocycles. The van der Waals surface area contributed by atoms with Crippen molar-refractivity contribution in [3.63, 3.8) is 0 Å². The molecule has 1 aromatic heterocycles. The van der Waals surface area contributed by atoms with Gasteiger partial charge in [-0.1, -0.05) is 59.7 Å². The normalized spacial score (nSPS) is 11.6. The van der Waals surface area contributed by atoms with Gasteiger partial charge in [0.1, 0.15) is 5.75 Å². The molecular weight excluding hydrogens is 398 g/mol. The van der Waals surface area contributed by atoms with Crippen LogP contribution >= 0.6 is 0 Å². The molecule has 5 nitrogen and oxygen atoms in total. The van der Waals surface area contributed by atoms with Gasteiger partial charge in [-0.25, -0.2) is 4.98 Å². The Bertz CT molecular complexity index is 1200.